The van der Waals surface area contributed by atoms with Gasteiger partial charge in [0.1, 0.15) is 6.33 Å². The van der Waals surface area contributed by atoms with Gasteiger partial charge in [0.2, 0.25) is 0 Å². The molecule has 0 aliphatic carbocycles. The van der Waals surface area contributed by atoms with Crippen molar-refractivity contribution in [1.82, 2.24) is 19.5 Å². The van der Waals surface area contributed by atoms with E-state index < -0.39 is 0 Å². The Labute approximate surface area is 116 Å². The Kier molecular flexibility index (Phi) is 3.33. The van der Waals surface area contributed by atoms with E-state index in [1.165, 1.54) is 12.5 Å². The van der Waals surface area contributed by atoms with Crippen molar-refractivity contribution in [2.24, 2.45) is 0 Å². The van der Waals surface area contributed by atoms with Crippen LogP contribution >= 0.6 is 0 Å². The van der Waals surface area contributed by atoms with Crippen molar-refractivity contribution < 1.29 is 4.79 Å². The second-order valence-electron chi connectivity index (χ2n) is 4.27. The molecule has 3 aromatic rings. The molecule has 0 amide bonds. The fourth-order valence-corrected chi connectivity index (χ4v) is 1.95. The van der Waals surface area contributed by atoms with Gasteiger partial charge in [0.05, 0.1) is 12.4 Å². The number of rotatable bonds is 4. The standard InChI is InChI=1S/C15H11N4O/c20-10-15-18-5-6-19(15)9-12-1-3-13(4-2-12)14-7-16-11-17-8-14/h1-5,7-8,10-11H,9H2. The lowest BCUT2D eigenvalue weighted by atomic mass is 10.1. The van der Waals surface area contributed by atoms with E-state index in [0.717, 1.165) is 23.0 Å². The van der Waals surface area contributed by atoms with Crippen molar-refractivity contribution >= 4 is 6.29 Å². The maximum atomic E-state index is 10.8. The lowest BCUT2D eigenvalue weighted by Gasteiger charge is -2.05. The summed E-state index contributed by atoms with van der Waals surface area (Å²) < 4.78 is 1.69. The van der Waals surface area contributed by atoms with Gasteiger partial charge in [-0.1, -0.05) is 24.3 Å². The number of nitrogens with zero attached hydrogens (tertiary/aromatic N) is 4. The highest BCUT2D eigenvalue weighted by atomic mass is 16.1. The molecule has 2 aromatic heterocycles. The van der Waals surface area contributed by atoms with E-state index in [0.29, 0.717) is 12.4 Å². The average molecular weight is 263 g/mol. The van der Waals surface area contributed by atoms with Crippen molar-refractivity contribution in [3.05, 3.63) is 66.8 Å². The summed E-state index contributed by atoms with van der Waals surface area (Å²) in [6, 6.07) is 8.02. The first kappa shape index (κ1) is 12.2. The summed E-state index contributed by atoms with van der Waals surface area (Å²) in [5, 5.41) is 0. The molecular weight excluding hydrogens is 252 g/mol. The quantitative estimate of drug-likeness (QED) is 0.675. The molecule has 0 unspecified atom stereocenters. The molecule has 2 heterocycles. The Morgan fingerprint density at radius 3 is 2.55 bits per heavy atom. The Morgan fingerprint density at radius 2 is 1.85 bits per heavy atom. The summed E-state index contributed by atoms with van der Waals surface area (Å²) in [4.78, 5) is 22.7. The predicted molar refractivity (Wildman–Crippen MR) is 73.0 cm³/mol. The molecule has 0 saturated carbocycles. The molecular formula is C15H11N4O. The maximum absolute atomic E-state index is 10.8. The Bertz CT molecular complexity index is 704. The summed E-state index contributed by atoms with van der Waals surface area (Å²) in [6.07, 6.45) is 10.2. The summed E-state index contributed by atoms with van der Waals surface area (Å²) in [6.45, 7) is 0.569. The molecule has 1 aromatic carbocycles. The Morgan fingerprint density at radius 1 is 1.10 bits per heavy atom. The highest BCUT2D eigenvalue weighted by molar-refractivity contribution is 5.69. The first-order valence-corrected chi connectivity index (χ1v) is 6.09. The van der Waals surface area contributed by atoms with E-state index >= 15 is 0 Å². The lowest BCUT2D eigenvalue weighted by molar-refractivity contribution is 0.111. The van der Waals surface area contributed by atoms with Crippen LogP contribution in [0.15, 0.2) is 49.2 Å². The lowest BCUT2D eigenvalue weighted by Crippen LogP contribution is -2.03. The topological polar surface area (TPSA) is 60.7 Å². The number of carbonyl (C=O) groups is 1. The number of aldehydes is 1. The SMILES string of the molecule is O=Cc1nc[c]n1Cc1ccc(-c2cncnc2)cc1. The molecule has 3 rings (SSSR count). The van der Waals surface area contributed by atoms with Gasteiger partial charge in [0.15, 0.2) is 12.1 Å². The van der Waals surface area contributed by atoms with Gasteiger partial charge in [0.25, 0.3) is 0 Å². The van der Waals surface area contributed by atoms with Crippen LogP contribution in [-0.2, 0) is 6.54 Å². The molecule has 0 bridgehead atoms. The molecule has 0 saturated heterocycles. The molecule has 0 fully saturated rings. The van der Waals surface area contributed by atoms with Gasteiger partial charge in [-0.2, -0.15) is 0 Å². The fraction of sp³-hybridized carbons (Fsp3) is 0.0667. The van der Waals surface area contributed by atoms with E-state index in [-0.39, 0.29) is 0 Å². The van der Waals surface area contributed by atoms with Crippen LogP contribution in [-0.4, -0.2) is 25.8 Å². The van der Waals surface area contributed by atoms with Crippen LogP contribution in [0, 0.1) is 6.20 Å². The molecule has 97 valence electrons. The van der Waals surface area contributed by atoms with Gasteiger partial charge < -0.3 is 4.57 Å². The molecule has 0 aliphatic rings. The van der Waals surface area contributed by atoms with E-state index in [1.54, 1.807) is 17.0 Å². The summed E-state index contributed by atoms with van der Waals surface area (Å²) in [5.41, 5.74) is 3.10. The Balaban J connectivity index is 1.82. The van der Waals surface area contributed by atoms with E-state index in [1.807, 2.05) is 24.3 Å². The van der Waals surface area contributed by atoms with Gasteiger partial charge in [0, 0.05) is 24.5 Å². The largest absolute Gasteiger partial charge is 0.316 e. The van der Waals surface area contributed by atoms with Crippen LogP contribution in [0.1, 0.15) is 16.2 Å². The van der Waals surface area contributed by atoms with Gasteiger partial charge in [-0.15, -0.1) is 0 Å². The zero-order valence-electron chi connectivity index (χ0n) is 10.6. The summed E-state index contributed by atoms with van der Waals surface area (Å²) in [5.74, 6) is 0.380. The minimum Gasteiger partial charge on any atom is -0.316 e. The number of aromatic nitrogens is 4. The number of hydrogen-bond donors (Lipinski definition) is 0. The van der Waals surface area contributed by atoms with Crippen LogP contribution in [0.2, 0.25) is 0 Å². The molecule has 20 heavy (non-hydrogen) atoms. The third kappa shape index (κ3) is 2.47. The number of imidazole rings is 1. The van der Waals surface area contributed by atoms with Crippen LogP contribution in [0.5, 0.6) is 0 Å². The predicted octanol–water partition coefficient (Wildman–Crippen LogP) is 2.00. The second kappa shape index (κ2) is 5.44. The second-order valence-corrected chi connectivity index (χ2v) is 4.27. The van der Waals surface area contributed by atoms with Crippen LogP contribution in [0.3, 0.4) is 0 Å². The highest BCUT2D eigenvalue weighted by Crippen LogP contribution is 2.18. The van der Waals surface area contributed by atoms with Crippen molar-refractivity contribution in [3.63, 3.8) is 0 Å². The molecule has 0 N–H and O–H groups in total. The summed E-state index contributed by atoms with van der Waals surface area (Å²) in [7, 11) is 0. The molecule has 1 radical (unpaired) electrons. The van der Waals surface area contributed by atoms with Gasteiger partial charge in [-0.05, 0) is 11.1 Å². The number of hydrogen-bond acceptors (Lipinski definition) is 4. The van der Waals surface area contributed by atoms with E-state index in [9.17, 15) is 4.79 Å². The van der Waals surface area contributed by atoms with Crippen molar-refractivity contribution in [1.29, 1.82) is 0 Å². The third-order valence-electron chi connectivity index (χ3n) is 2.98. The first-order chi connectivity index (χ1) is 9.86. The molecule has 0 aliphatic heterocycles. The van der Waals surface area contributed by atoms with Gasteiger partial charge >= 0.3 is 0 Å². The van der Waals surface area contributed by atoms with E-state index in [4.69, 9.17) is 0 Å². The zero-order valence-corrected chi connectivity index (χ0v) is 10.6. The van der Waals surface area contributed by atoms with Gasteiger partial charge in [-0.25, -0.2) is 15.0 Å². The number of carbonyl (C=O) groups excluding carboxylic acids is 1. The van der Waals surface area contributed by atoms with E-state index in [2.05, 4.69) is 21.1 Å². The first-order valence-electron chi connectivity index (χ1n) is 6.09. The minimum atomic E-state index is 0.380. The molecule has 0 spiro atoms. The van der Waals surface area contributed by atoms with Crippen LogP contribution in [0.25, 0.3) is 11.1 Å². The smallest absolute Gasteiger partial charge is 0.185 e. The third-order valence-corrected chi connectivity index (χ3v) is 2.98. The van der Waals surface area contributed by atoms with Crippen molar-refractivity contribution in [2.75, 3.05) is 0 Å². The zero-order chi connectivity index (χ0) is 13.8. The van der Waals surface area contributed by atoms with Crippen LogP contribution in [0.4, 0.5) is 0 Å². The van der Waals surface area contributed by atoms with Crippen molar-refractivity contribution in [2.45, 2.75) is 6.54 Å². The highest BCUT2D eigenvalue weighted by Gasteiger charge is 2.03. The minimum absolute atomic E-state index is 0.380. The normalized spacial score (nSPS) is 10.4. The van der Waals surface area contributed by atoms with Crippen LogP contribution < -0.4 is 0 Å². The van der Waals surface area contributed by atoms with Gasteiger partial charge in [-0.3, -0.25) is 4.79 Å². The molecule has 5 heteroatoms. The monoisotopic (exact) mass is 263 g/mol. The van der Waals surface area contributed by atoms with Crippen molar-refractivity contribution in [3.8, 4) is 11.1 Å². The fourth-order valence-electron chi connectivity index (χ4n) is 1.95. The molecule has 0 atom stereocenters. The molecule has 5 nitrogen and oxygen atoms in total. The summed E-state index contributed by atoms with van der Waals surface area (Å²) >= 11 is 0. The number of benzene rings is 1. The Hall–Kier alpha value is -2.82. The average Bonchev–Trinajstić information content (AvgIpc) is 2.96. The maximum Gasteiger partial charge on any atom is 0.185 e.